The van der Waals surface area contributed by atoms with Crippen molar-refractivity contribution in [2.24, 2.45) is 0 Å². The number of nitrogens with zero attached hydrogens (tertiary/aromatic N) is 4. The molecule has 1 N–H and O–H groups in total. The van der Waals surface area contributed by atoms with Crippen LogP contribution in [0, 0.1) is 0 Å². The average molecular weight is 387 g/mol. The molecule has 2 aliphatic rings. The number of carbonyl (C=O) groups excluding carboxylic acids is 1. The highest BCUT2D eigenvalue weighted by atomic mass is 16.6. The van der Waals surface area contributed by atoms with Gasteiger partial charge in [-0.1, -0.05) is 5.21 Å². The fraction of sp³-hybridized carbons (Fsp3) is 0.526. The summed E-state index contributed by atoms with van der Waals surface area (Å²) in [5, 5.41) is 11.3. The number of ether oxygens (including phenoxy) is 3. The van der Waals surface area contributed by atoms with Crippen LogP contribution in [0.25, 0.3) is 0 Å². The molecule has 1 amide bonds. The molecule has 1 aromatic heterocycles. The molecule has 1 aromatic carbocycles. The number of hydrogen-bond acceptors (Lipinski definition) is 7. The van der Waals surface area contributed by atoms with Crippen molar-refractivity contribution in [3.63, 3.8) is 0 Å². The fourth-order valence-corrected chi connectivity index (χ4v) is 3.68. The molecule has 4 rings (SSSR count). The van der Waals surface area contributed by atoms with Crippen LogP contribution in [0.5, 0.6) is 0 Å². The second-order valence-electron chi connectivity index (χ2n) is 7.31. The number of carbonyl (C=O) groups is 1. The van der Waals surface area contributed by atoms with E-state index in [4.69, 9.17) is 14.2 Å². The molecule has 0 spiro atoms. The first-order valence-electron chi connectivity index (χ1n) is 9.28. The van der Waals surface area contributed by atoms with E-state index in [0.717, 1.165) is 11.4 Å². The van der Waals surface area contributed by atoms with Crippen LogP contribution in [0.2, 0.25) is 0 Å². The van der Waals surface area contributed by atoms with E-state index in [9.17, 15) is 4.79 Å². The summed E-state index contributed by atoms with van der Waals surface area (Å²) in [6.07, 6.45) is 1.48. The smallest absolute Gasteiger partial charge is 0.251 e. The van der Waals surface area contributed by atoms with Crippen LogP contribution < -0.4 is 10.2 Å². The maximum absolute atomic E-state index is 12.6. The van der Waals surface area contributed by atoms with Crippen molar-refractivity contribution in [3.05, 3.63) is 41.7 Å². The lowest BCUT2D eigenvalue weighted by Crippen LogP contribution is -2.44. The van der Waals surface area contributed by atoms with Crippen molar-refractivity contribution in [1.29, 1.82) is 0 Å². The van der Waals surface area contributed by atoms with Gasteiger partial charge >= 0.3 is 0 Å². The molecule has 3 heterocycles. The highest BCUT2D eigenvalue weighted by Gasteiger charge is 2.49. The van der Waals surface area contributed by atoms with Crippen LogP contribution in [-0.4, -0.2) is 73.6 Å². The van der Waals surface area contributed by atoms with Gasteiger partial charge in [0.15, 0.2) is 0 Å². The Kier molecular flexibility index (Phi) is 5.29. The van der Waals surface area contributed by atoms with Gasteiger partial charge in [-0.15, -0.1) is 5.10 Å². The number of aromatic nitrogens is 3. The molecule has 0 saturated carbocycles. The average Bonchev–Trinajstić information content (AvgIpc) is 3.40. The molecule has 9 heteroatoms. The number of anilines is 1. The van der Waals surface area contributed by atoms with E-state index in [2.05, 4.69) is 15.6 Å². The summed E-state index contributed by atoms with van der Waals surface area (Å²) in [4.78, 5) is 14.6. The Hall–Kier alpha value is -2.49. The minimum absolute atomic E-state index is 0.0654. The van der Waals surface area contributed by atoms with E-state index < -0.39 is 0 Å². The third-order valence-corrected chi connectivity index (χ3v) is 5.18. The Labute approximate surface area is 163 Å². The molecule has 2 aromatic rings. The van der Waals surface area contributed by atoms with Gasteiger partial charge in [0.25, 0.3) is 5.91 Å². The zero-order valence-electron chi connectivity index (χ0n) is 16.2. The molecule has 2 fully saturated rings. The lowest BCUT2D eigenvalue weighted by atomic mass is 10.1. The molecular weight excluding hydrogens is 362 g/mol. The standard InChI is InChI=1S/C19H25N5O4/c1-23(2)14-6-4-12(5-7-14)19(25)20-15-10-27-18-16(11-28-17(15)18)24-8-13(9-26-3)21-22-24/h4-8,15-18H,9-11H2,1-3H3,(H,20,25). The van der Waals surface area contributed by atoms with Crippen molar-refractivity contribution in [2.45, 2.75) is 30.9 Å². The van der Waals surface area contributed by atoms with Crippen LogP contribution in [0.15, 0.2) is 30.5 Å². The van der Waals surface area contributed by atoms with E-state index in [0.29, 0.717) is 25.4 Å². The zero-order valence-corrected chi connectivity index (χ0v) is 16.2. The summed E-state index contributed by atoms with van der Waals surface area (Å²) in [6.45, 7) is 1.29. The second-order valence-corrected chi connectivity index (χ2v) is 7.31. The second kappa shape index (κ2) is 7.86. The minimum atomic E-state index is -0.204. The molecule has 150 valence electrons. The highest BCUT2D eigenvalue weighted by molar-refractivity contribution is 5.94. The molecular formula is C19H25N5O4. The third-order valence-electron chi connectivity index (χ3n) is 5.18. The van der Waals surface area contributed by atoms with Gasteiger partial charge in [-0.2, -0.15) is 0 Å². The minimum Gasteiger partial charge on any atom is -0.378 e. The Bertz CT molecular complexity index is 822. The van der Waals surface area contributed by atoms with Crippen LogP contribution in [0.1, 0.15) is 22.1 Å². The van der Waals surface area contributed by atoms with E-state index in [-0.39, 0.29) is 30.2 Å². The van der Waals surface area contributed by atoms with Crippen LogP contribution in [0.3, 0.4) is 0 Å². The first-order chi connectivity index (χ1) is 13.6. The van der Waals surface area contributed by atoms with Crippen molar-refractivity contribution in [1.82, 2.24) is 20.3 Å². The number of benzene rings is 1. The number of hydrogen-bond donors (Lipinski definition) is 1. The van der Waals surface area contributed by atoms with E-state index in [1.807, 2.05) is 49.5 Å². The van der Waals surface area contributed by atoms with Gasteiger partial charge in [-0.3, -0.25) is 4.79 Å². The summed E-state index contributed by atoms with van der Waals surface area (Å²) in [6, 6.07) is 7.23. The van der Waals surface area contributed by atoms with Gasteiger partial charge < -0.3 is 24.4 Å². The maximum Gasteiger partial charge on any atom is 0.251 e. The molecule has 0 aliphatic carbocycles. The van der Waals surface area contributed by atoms with E-state index in [1.54, 1.807) is 11.8 Å². The fourth-order valence-electron chi connectivity index (χ4n) is 3.68. The monoisotopic (exact) mass is 387 g/mol. The van der Waals surface area contributed by atoms with Crippen LogP contribution >= 0.6 is 0 Å². The predicted octanol–water partition coefficient (Wildman–Crippen LogP) is 0.628. The van der Waals surface area contributed by atoms with Gasteiger partial charge in [0.2, 0.25) is 0 Å². The summed E-state index contributed by atoms with van der Waals surface area (Å²) in [5.74, 6) is -0.130. The van der Waals surface area contributed by atoms with Crippen molar-refractivity contribution >= 4 is 11.6 Å². The Morgan fingerprint density at radius 1 is 1.25 bits per heavy atom. The van der Waals surface area contributed by atoms with Crippen molar-refractivity contribution in [2.75, 3.05) is 39.3 Å². The summed E-state index contributed by atoms with van der Waals surface area (Å²) in [7, 11) is 5.55. The van der Waals surface area contributed by atoms with Crippen molar-refractivity contribution in [3.8, 4) is 0 Å². The molecule has 28 heavy (non-hydrogen) atoms. The maximum atomic E-state index is 12.6. The lowest BCUT2D eigenvalue weighted by Gasteiger charge is -2.18. The summed E-state index contributed by atoms with van der Waals surface area (Å²) < 4.78 is 18.7. The molecule has 4 unspecified atom stereocenters. The Morgan fingerprint density at radius 3 is 2.71 bits per heavy atom. The predicted molar refractivity (Wildman–Crippen MR) is 101 cm³/mol. The zero-order chi connectivity index (χ0) is 19.7. The topological polar surface area (TPSA) is 90.7 Å². The summed E-state index contributed by atoms with van der Waals surface area (Å²) >= 11 is 0. The molecule has 2 saturated heterocycles. The molecule has 4 atom stereocenters. The van der Waals surface area contributed by atoms with E-state index in [1.165, 1.54) is 0 Å². The van der Waals surface area contributed by atoms with Crippen molar-refractivity contribution < 1.29 is 19.0 Å². The molecule has 0 bridgehead atoms. The highest BCUT2D eigenvalue weighted by Crippen LogP contribution is 2.34. The molecule has 9 nitrogen and oxygen atoms in total. The number of rotatable bonds is 6. The van der Waals surface area contributed by atoms with Gasteiger partial charge in [0.05, 0.1) is 32.1 Å². The number of amides is 1. The molecule has 2 aliphatic heterocycles. The van der Waals surface area contributed by atoms with Crippen LogP contribution in [0.4, 0.5) is 5.69 Å². The quantitative estimate of drug-likeness (QED) is 0.777. The Balaban J connectivity index is 1.39. The van der Waals surface area contributed by atoms with Gasteiger partial charge in [0.1, 0.15) is 23.9 Å². The Morgan fingerprint density at radius 2 is 2.00 bits per heavy atom. The molecule has 0 radical (unpaired) electrons. The normalized spacial score (nSPS) is 26.2. The van der Waals surface area contributed by atoms with E-state index >= 15 is 0 Å². The van der Waals surface area contributed by atoms with Crippen LogP contribution in [-0.2, 0) is 20.8 Å². The third kappa shape index (κ3) is 3.60. The van der Waals surface area contributed by atoms with Gasteiger partial charge in [-0.05, 0) is 24.3 Å². The number of nitrogens with one attached hydrogen (secondary N) is 1. The van der Waals surface area contributed by atoms with Gasteiger partial charge in [0, 0.05) is 32.5 Å². The number of methoxy groups -OCH3 is 1. The SMILES string of the molecule is COCc1cn(C2COC3C(NC(=O)c4ccc(N(C)C)cc4)COC32)nn1. The summed E-state index contributed by atoms with van der Waals surface area (Å²) in [5.41, 5.74) is 2.42. The largest absolute Gasteiger partial charge is 0.378 e. The van der Waals surface area contributed by atoms with Gasteiger partial charge in [-0.25, -0.2) is 4.68 Å². The number of fused-ring (bicyclic) bond motifs is 1. The first kappa shape index (κ1) is 18.9. The first-order valence-corrected chi connectivity index (χ1v) is 9.28. The lowest BCUT2D eigenvalue weighted by molar-refractivity contribution is 0.0613.